The number of carbonyl (C=O) groups excluding carboxylic acids is 2. The van der Waals surface area contributed by atoms with Crippen LogP contribution in [0.4, 0.5) is 10.5 Å². The summed E-state index contributed by atoms with van der Waals surface area (Å²) < 4.78 is 11.1. The summed E-state index contributed by atoms with van der Waals surface area (Å²) in [6.07, 6.45) is 1.68. The molecule has 3 atom stereocenters. The number of carboxylic acids is 1. The Morgan fingerprint density at radius 1 is 1.39 bits per heavy atom. The Labute approximate surface area is 164 Å². The first-order chi connectivity index (χ1) is 13.5. The second-order valence-corrected chi connectivity index (χ2v) is 7.11. The molecule has 28 heavy (non-hydrogen) atoms. The highest BCUT2D eigenvalue weighted by Crippen LogP contribution is 2.26. The van der Waals surface area contributed by atoms with Crippen LogP contribution in [0.3, 0.4) is 0 Å². The van der Waals surface area contributed by atoms with Crippen LogP contribution in [0.15, 0.2) is 24.3 Å². The Balaban J connectivity index is 1.61. The number of benzene rings is 1. The summed E-state index contributed by atoms with van der Waals surface area (Å²) in [5.41, 5.74) is 1.24. The molecule has 0 spiro atoms. The molecule has 8 heteroatoms. The van der Waals surface area contributed by atoms with Crippen molar-refractivity contribution in [2.24, 2.45) is 0 Å². The average molecular weight is 386 g/mol. The van der Waals surface area contributed by atoms with E-state index in [4.69, 9.17) is 14.7 Å². The second-order valence-electron chi connectivity index (χ2n) is 7.11. The zero-order valence-corrected chi connectivity index (χ0v) is 15.9. The quantitative estimate of drug-likeness (QED) is 0.685. The Kier molecular flexibility index (Phi) is 6.49. The highest BCUT2D eigenvalue weighted by molar-refractivity contribution is 5.89. The summed E-state index contributed by atoms with van der Waals surface area (Å²) in [5, 5.41) is 19.6. The van der Waals surface area contributed by atoms with Crippen LogP contribution in [0.25, 0.3) is 0 Å². The molecule has 2 fully saturated rings. The summed E-state index contributed by atoms with van der Waals surface area (Å²) in [5.74, 6) is -1.21. The fourth-order valence-electron chi connectivity index (χ4n) is 4.01. The number of likely N-dealkylation sites (tertiary alicyclic amines) is 1. The molecule has 1 amide bonds. The monoisotopic (exact) mass is 386 g/mol. The van der Waals surface area contributed by atoms with Gasteiger partial charge in [-0.05, 0) is 50.1 Å². The molecular weight excluding hydrogens is 362 g/mol. The van der Waals surface area contributed by atoms with Gasteiger partial charge in [-0.1, -0.05) is 6.92 Å². The van der Waals surface area contributed by atoms with Crippen molar-refractivity contribution in [3.63, 3.8) is 0 Å². The SMILES string of the molecule is CCC1C(OCC(=O)[O-])CCCN1CC1CN(c2ccc(C#N)cc2)C(=O)O1. The van der Waals surface area contributed by atoms with Crippen LogP contribution in [0, 0.1) is 11.3 Å². The topological polar surface area (TPSA) is 106 Å². The standard InChI is InChI=1S/C20H25N3O5/c1-2-17-18(27-13-19(24)25)4-3-9-22(17)11-16-12-23(20(26)28-16)15-7-5-14(10-21)6-8-15/h5-8,16-18H,2-4,9,11-13H2,1H3,(H,24,25)/p-1. The van der Waals surface area contributed by atoms with Gasteiger partial charge in [-0.15, -0.1) is 0 Å². The molecule has 3 unspecified atom stereocenters. The molecule has 2 aliphatic rings. The number of piperidine rings is 1. The molecule has 2 aliphatic heterocycles. The van der Waals surface area contributed by atoms with Crippen molar-refractivity contribution < 1.29 is 24.2 Å². The lowest BCUT2D eigenvalue weighted by Gasteiger charge is -2.41. The molecule has 0 N–H and O–H groups in total. The van der Waals surface area contributed by atoms with E-state index in [9.17, 15) is 14.7 Å². The molecule has 0 aromatic heterocycles. The molecule has 150 valence electrons. The normalized spacial score (nSPS) is 25.4. The van der Waals surface area contributed by atoms with Crippen molar-refractivity contribution in [2.45, 2.75) is 44.4 Å². The van der Waals surface area contributed by atoms with Gasteiger partial charge in [0.15, 0.2) is 0 Å². The van der Waals surface area contributed by atoms with Crippen LogP contribution in [-0.2, 0) is 14.3 Å². The van der Waals surface area contributed by atoms with Crippen molar-refractivity contribution in [1.29, 1.82) is 5.26 Å². The van der Waals surface area contributed by atoms with Gasteiger partial charge < -0.3 is 19.4 Å². The number of carbonyl (C=O) groups is 2. The molecule has 2 saturated heterocycles. The molecule has 0 bridgehead atoms. The fraction of sp³-hybridized carbons (Fsp3) is 0.550. The molecule has 0 aliphatic carbocycles. The lowest BCUT2D eigenvalue weighted by molar-refractivity contribution is -0.311. The van der Waals surface area contributed by atoms with Gasteiger partial charge in [-0.2, -0.15) is 5.26 Å². The van der Waals surface area contributed by atoms with Crippen molar-refractivity contribution in [3.8, 4) is 6.07 Å². The van der Waals surface area contributed by atoms with Gasteiger partial charge in [-0.25, -0.2) is 4.79 Å². The van der Waals surface area contributed by atoms with E-state index in [0.717, 1.165) is 25.8 Å². The van der Waals surface area contributed by atoms with Gasteiger partial charge in [0.2, 0.25) is 0 Å². The third-order valence-corrected chi connectivity index (χ3v) is 5.29. The number of anilines is 1. The van der Waals surface area contributed by atoms with E-state index < -0.39 is 18.7 Å². The van der Waals surface area contributed by atoms with Crippen molar-refractivity contribution in [1.82, 2.24) is 4.90 Å². The zero-order chi connectivity index (χ0) is 20.1. The minimum absolute atomic E-state index is 0.0794. The maximum absolute atomic E-state index is 12.3. The summed E-state index contributed by atoms with van der Waals surface area (Å²) in [6.45, 7) is 3.50. The summed E-state index contributed by atoms with van der Waals surface area (Å²) in [7, 11) is 0. The first kappa shape index (κ1) is 20.1. The highest BCUT2D eigenvalue weighted by Gasteiger charge is 2.37. The third-order valence-electron chi connectivity index (χ3n) is 5.29. The van der Waals surface area contributed by atoms with Gasteiger partial charge >= 0.3 is 6.09 Å². The molecule has 8 nitrogen and oxygen atoms in total. The summed E-state index contributed by atoms with van der Waals surface area (Å²) in [4.78, 5) is 26.8. The number of nitriles is 1. The maximum atomic E-state index is 12.3. The lowest BCUT2D eigenvalue weighted by atomic mass is 9.96. The highest BCUT2D eigenvalue weighted by atomic mass is 16.6. The van der Waals surface area contributed by atoms with Crippen LogP contribution in [0.5, 0.6) is 0 Å². The molecule has 1 aromatic rings. The maximum Gasteiger partial charge on any atom is 0.414 e. The first-order valence-electron chi connectivity index (χ1n) is 9.55. The van der Waals surface area contributed by atoms with Crippen molar-refractivity contribution in [3.05, 3.63) is 29.8 Å². The number of ether oxygens (including phenoxy) is 2. The first-order valence-corrected chi connectivity index (χ1v) is 9.55. The van der Waals surface area contributed by atoms with Gasteiger partial charge in [0.1, 0.15) is 6.10 Å². The van der Waals surface area contributed by atoms with E-state index in [-0.39, 0.29) is 18.2 Å². The lowest BCUT2D eigenvalue weighted by Crippen LogP contribution is -2.52. The van der Waals surface area contributed by atoms with E-state index in [2.05, 4.69) is 11.0 Å². The number of cyclic esters (lactones) is 1. The third kappa shape index (κ3) is 4.61. The summed E-state index contributed by atoms with van der Waals surface area (Å²) in [6, 6.07) is 8.96. The zero-order valence-electron chi connectivity index (χ0n) is 15.9. The Bertz CT molecular complexity index is 745. The molecule has 3 rings (SSSR count). The number of aliphatic carboxylic acids is 1. The predicted molar refractivity (Wildman–Crippen MR) is 98.4 cm³/mol. The smallest absolute Gasteiger partial charge is 0.414 e. The summed E-state index contributed by atoms with van der Waals surface area (Å²) >= 11 is 0. The van der Waals surface area contributed by atoms with Crippen LogP contribution < -0.4 is 10.0 Å². The van der Waals surface area contributed by atoms with E-state index >= 15 is 0 Å². The van der Waals surface area contributed by atoms with E-state index in [1.165, 1.54) is 0 Å². The molecular formula is C20H24N3O5-. The predicted octanol–water partition coefficient (Wildman–Crippen LogP) is 0.893. The van der Waals surface area contributed by atoms with Gasteiger partial charge in [-0.3, -0.25) is 9.80 Å². The molecule has 0 radical (unpaired) electrons. The van der Waals surface area contributed by atoms with E-state index in [1.54, 1.807) is 29.2 Å². The van der Waals surface area contributed by atoms with Crippen molar-refractivity contribution >= 4 is 17.7 Å². The van der Waals surface area contributed by atoms with E-state index in [0.29, 0.717) is 24.3 Å². The largest absolute Gasteiger partial charge is 0.548 e. The van der Waals surface area contributed by atoms with Gasteiger partial charge in [0.25, 0.3) is 0 Å². The number of rotatable bonds is 7. The number of nitrogens with zero attached hydrogens (tertiary/aromatic N) is 3. The minimum Gasteiger partial charge on any atom is -0.548 e. The van der Waals surface area contributed by atoms with Crippen LogP contribution >= 0.6 is 0 Å². The average Bonchev–Trinajstić information content (AvgIpc) is 3.06. The minimum atomic E-state index is -1.21. The Morgan fingerprint density at radius 2 is 2.14 bits per heavy atom. The molecule has 2 heterocycles. The Hall–Kier alpha value is -2.63. The number of hydrogen-bond donors (Lipinski definition) is 0. The van der Waals surface area contributed by atoms with Crippen LogP contribution in [0.1, 0.15) is 31.7 Å². The number of amides is 1. The van der Waals surface area contributed by atoms with Gasteiger partial charge in [0.05, 0.1) is 36.9 Å². The Morgan fingerprint density at radius 3 is 2.79 bits per heavy atom. The van der Waals surface area contributed by atoms with Crippen LogP contribution in [-0.4, -0.2) is 61.5 Å². The fourth-order valence-corrected chi connectivity index (χ4v) is 4.01. The number of hydrogen-bond acceptors (Lipinski definition) is 7. The van der Waals surface area contributed by atoms with E-state index in [1.807, 2.05) is 6.92 Å². The van der Waals surface area contributed by atoms with Gasteiger partial charge in [0, 0.05) is 18.3 Å². The van der Waals surface area contributed by atoms with Crippen LogP contribution in [0.2, 0.25) is 0 Å². The molecule has 0 saturated carbocycles. The number of carboxylic acid groups (broad SMARTS) is 1. The molecule has 1 aromatic carbocycles. The van der Waals surface area contributed by atoms with Crippen molar-refractivity contribution in [2.75, 3.05) is 31.1 Å². The second kappa shape index (κ2) is 9.04.